The van der Waals surface area contributed by atoms with Crippen molar-refractivity contribution in [2.75, 3.05) is 0 Å². The summed E-state index contributed by atoms with van der Waals surface area (Å²) in [6.07, 6.45) is 0.806. The molecule has 0 saturated carbocycles. The number of hydrogen-bond acceptors (Lipinski definition) is 1. The molecule has 1 nitrogen and oxygen atoms in total. The third kappa shape index (κ3) is 8.90. The van der Waals surface area contributed by atoms with Crippen LogP contribution in [0.15, 0.2) is 0 Å². The summed E-state index contributed by atoms with van der Waals surface area (Å²) in [4.78, 5) is 9.44. The second kappa shape index (κ2) is 5.18. The van der Waals surface area contributed by atoms with Crippen LogP contribution in [0.2, 0.25) is 0 Å². The van der Waals surface area contributed by atoms with Crippen LogP contribution >= 0.6 is 0 Å². The number of aldehydes is 1. The van der Waals surface area contributed by atoms with Crippen LogP contribution < -0.4 is 0 Å². The van der Waals surface area contributed by atoms with Crippen molar-refractivity contribution in [1.29, 1.82) is 0 Å². The van der Waals surface area contributed by atoms with Gasteiger partial charge in [0.1, 0.15) is 0 Å². The Labute approximate surface area is 48.3 Å². The fourth-order valence-corrected chi connectivity index (χ4v) is 0. The predicted molar refractivity (Wildman–Crippen MR) is 20.6 cm³/mol. The SMILES string of the molecule is [CH2-]C(C)C=O.[Co]. The average molecular weight is 130 g/mol. The van der Waals surface area contributed by atoms with Gasteiger partial charge in [-0.2, -0.15) is 0 Å². The number of hydrogen-bond donors (Lipinski definition) is 0. The van der Waals surface area contributed by atoms with Gasteiger partial charge < -0.3 is 11.7 Å². The molecule has 1 atom stereocenters. The van der Waals surface area contributed by atoms with E-state index < -0.39 is 0 Å². The fourth-order valence-electron chi connectivity index (χ4n) is 0. The molecule has 0 spiro atoms. The van der Waals surface area contributed by atoms with Crippen LogP contribution in [-0.2, 0) is 21.6 Å². The topological polar surface area (TPSA) is 17.1 Å². The van der Waals surface area contributed by atoms with E-state index in [0.717, 1.165) is 6.29 Å². The van der Waals surface area contributed by atoms with E-state index in [1.165, 1.54) is 0 Å². The second-order valence-electron chi connectivity index (χ2n) is 1.11. The largest absolute Gasteiger partial charge is 0.334 e. The van der Waals surface area contributed by atoms with Crippen molar-refractivity contribution >= 4 is 6.29 Å². The van der Waals surface area contributed by atoms with Gasteiger partial charge in [0.25, 0.3) is 0 Å². The molecule has 0 amide bonds. The van der Waals surface area contributed by atoms with Crippen LogP contribution in [0.5, 0.6) is 0 Å². The van der Waals surface area contributed by atoms with Crippen molar-refractivity contribution in [3.63, 3.8) is 0 Å². The summed E-state index contributed by atoms with van der Waals surface area (Å²) < 4.78 is 0. The zero-order valence-electron chi connectivity index (χ0n) is 3.60. The Morgan fingerprint density at radius 1 is 1.83 bits per heavy atom. The van der Waals surface area contributed by atoms with Crippen molar-refractivity contribution < 1.29 is 21.6 Å². The monoisotopic (exact) mass is 130 g/mol. The number of carbonyl (C=O) groups excluding carboxylic acids is 1. The standard InChI is InChI=1S/C4H7O.Co/c1-4(2)3-5;/h3-4H,1H2,2H3;/q-1;. The molecule has 0 N–H and O–H groups in total. The Hall–Kier alpha value is 0.176. The first-order chi connectivity index (χ1) is 2.27. The quantitative estimate of drug-likeness (QED) is 0.376. The van der Waals surface area contributed by atoms with E-state index in [4.69, 9.17) is 0 Å². The smallest absolute Gasteiger partial charge is 0.0925 e. The van der Waals surface area contributed by atoms with E-state index in [2.05, 4.69) is 6.92 Å². The molecule has 2 heteroatoms. The molecule has 0 aromatic rings. The van der Waals surface area contributed by atoms with Gasteiger partial charge in [-0.05, 0) is 0 Å². The van der Waals surface area contributed by atoms with Crippen molar-refractivity contribution in [2.24, 2.45) is 5.92 Å². The van der Waals surface area contributed by atoms with Gasteiger partial charge in [-0.3, -0.25) is 0 Å². The molecule has 0 heterocycles. The third-order valence-electron chi connectivity index (χ3n) is 0.232. The normalized spacial score (nSPS) is 11.7. The maximum absolute atomic E-state index is 9.44. The summed E-state index contributed by atoms with van der Waals surface area (Å²) in [6, 6.07) is 0. The summed E-state index contributed by atoms with van der Waals surface area (Å²) in [5, 5.41) is 0. The summed E-state index contributed by atoms with van der Waals surface area (Å²) in [5.74, 6) is -0.0463. The molecule has 39 valence electrons. The van der Waals surface area contributed by atoms with E-state index in [0.29, 0.717) is 0 Å². The van der Waals surface area contributed by atoms with Gasteiger partial charge in [0.2, 0.25) is 0 Å². The number of carbonyl (C=O) groups is 1. The summed E-state index contributed by atoms with van der Waals surface area (Å²) in [6.45, 7) is 5.13. The first-order valence-corrected chi connectivity index (χ1v) is 1.55. The van der Waals surface area contributed by atoms with E-state index >= 15 is 0 Å². The molecule has 0 aromatic carbocycles. The summed E-state index contributed by atoms with van der Waals surface area (Å²) >= 11 is 0. The molecular formula is C4H7CoO-. The van der Waals surface area contributed by atoms with Gasteiger partial charge in [0, 0.05) is 16.8 Å². The van der Waals surface area contributed by atoms with Crippen LogP contribution in [0.1, 0.15) is 6.92 Å². The maximum Gasteiger partial charge on any atom is 0.0925 e. The van der Waals surface area contributed by atoms with Gasteiger partial charge in [-0.1, -0.05) is 6.92 Å². The van der Waals surface area contributed by atoms with Gasteiger partial charge in [-0.15, -0.1) is 5.92 Å². The van der Waals surface area contributed by atoms with Gasteiger partial charge in [0.05, 0.1) is 6.29 Å². The molecule has 1 unspecified atom stereocenters. The van der Waals surface area contributed by atoms with E-state index in [1.54, 1.807) is 6.92 Å². The fraction of sp³-hybridized carbons (Fsp3) is 0.500. The van der Waals surface area contributed by atoms with Crippen LogP contribution in [0.25, 0.3) is 0 Å². The first kappa shape index (κ1) is 9.49. The van der Waals surface area contributed by atoms with Crippen LogP contribution in [0, 0.1) is 12.8 Å². The Balaban J connectivity index is 0. The van der Waals surface area contributed by atoms with Gasteiger partial charge in [0.15, 0.2) is 0 Å². The van der Waals surface area contributed by atoms with Crippen molar-refractivity contribution in [3.8, 4) is 0 Å². The van der Waals surface area contributed by atoms with Crippen molar-refractivity contribution in [1.82, 2.24) is 0 Å². The van der Waals surface area contributed by atoms with Gasteiger partial charge in [-0.25, -0.2) is 0 Å². The second-order valence-corrected chi connectivity index (χ2v) is 1.11. The number of rotatable bonds is 1. The first-order valence-electron chi connectivity index (χ1n) is 1.55. The van der Waals surface area contributed by atoms with Crippen LogP contribution in [0.4, 0.5) is 0 Å². The van der Waals surface area contributed by atoms with Crippen molar-refractivity contribution in [3.05, 3.63) is 6.92 Å². The molecule has 6 heavy (non-hydrogen) atoms. The third-order valence-corrected chi connectivity index (χ3v) is 0.232. The summed E-state index contributed by atoms with van der Waals surface area (Å²) in [5.41, 5.74) is 0. The molecule has 1 radical (unpaired) electrons. The molecule has 0 fully saturated rings. The molecule has 0 aliphatic carbocycles. The summed E-state index contributed by atoms with van der Waals surface area (Å²) in [7, 11) is 0. The maximum atomic E-state index is 9.44. The Bertz CT molecular complexity index is 34.5. The minimum atomic E-state index is -0.0463. The van der Waals surface area contributed by atoms with Gasteiger partial charge >= 0.3 is 0 Å². The molecule has 0 rings (SSSR count). The molecule has 0 aromatic heterocycles. The van der Waals surface area contributed by atoms with E-state index in [1.807, 2.05) is 0 Å². The van der Waals surface area contributed by atoms with Crippen LogP contribution in [-0.4, -0.2) is 6.29 Å². The zero-order chi connectivity index (χ0) is 4.28. The Morgan fingerprint density at radius 2 is 2.00 bits per heavy atom. The van der Waals surface area contributed by atoms with Crippen LogP contribution in [0.3, 0.4) is 0 Å². The zero-order valence-corrected chi connectivity index (χ0v) is 4.64. The molecular weight excluding hydrogens is 123 g/mol. The predicted octanol–water partition coefficient (Wildman–Crippen LogP) is 0.653. The Kier molecular flexibility index (Phi) is 8.19. The molecule has 0 saturated heterocycles. The Morgan fingerprint density at radius 3 is 2.00 bits per heavy atom. The molecule has 0 aliphatic rings. The van der Waals surface area contributed by atoms with E-state index in [-0.39, 0.29) is 22.7 Å². The van der Waals surface area contributed by atoms with E-state index in [9.17, 15) is 4.79 Å². The minimum Gasteiger partial charge on any atom is -0.334 e. The average Bonchev–Trinajstić information content (AvgIpc) is 1.38. The minimum absolute atomic E-state index is 0. The molecule has 0 aliphatic heterocycles. The van der Waals surface area contributed by atoms with Crippen molar-refractivity contribution in [2.45, 2.75) is 6.92 Å². The molecule has 0 bridgehead atoms.